The van der Waals surface area contributed by atoms with Crippen LogP contribution in [0.2, 0.25) is 0 Å². The number of rotatable bonds is 9. The van der Waals surface area contributed by atoms with E-state index < -0.39 is 23.6 Å². The molecule has 1 aliphatic rings. The van der Waals surface area contributed by atoms with Crippen molar-refractivity contribution in [3.8, 4) is 11.1 Å². The van der Waals surface area contributed by atoms with Crippen LogP contribution in [0.25, 0.3) is 11.1 Å². The van der Waals surface area contributed by atoms with Crippen LogP contribution in [-0.4, -0.2) is 52.7 Å². The lowest BCUT2D eigenvalue weighted by Crippen LogP contribution is -2.49. The lowest BCUT2D eigenvalue weighted by Gasteiger charge is -2.36. The van der Waals surface area contributed by atoms with E-state index in [2.05, 4.69) is 29.6 Å². The Hall–Kier alpha value is -3.35. The molecule has 0 saturated heterocycles. The second-order valence-electron chi connectivity index (χ2n) is 9.64. The van der Waals surface area contributed by atoms with Crippen LogP contribution in [0.15, 0.2) is 48.5 Å². The highest BCUT2D eigenvalue weighted by atomic mass is 16.5. The largest absolute Gasteiger partial charge is 0.481 e. The Labute approximate surface area is 201 Å². The summed E-state index contributed by atoms with van der Waals surface area (Å²) in [5.41, 5.74) is 4.07. The summed E-state index contributed by atoms with van der Waals surface area (Å²) >= 11 is 0. The number of aliphatic carboxylic acids is 1. The summed E-state index contributed by atoms with van der Waals surface area (Å²) in [6.07, 6.45) is -0.0568. The summed E-state index contributed by atoms with van der Waals surface area (Å²) in [4.78, 5) is 38.1. The van der Waals surface area contributed by atoms with Crippen LogP contribution >= 0.6 is 0 Å². The van der Waals surface area contributed by atoms with Crippen LogP contribution in [0, 0.1) is 0 Å². The van der Waals surface area contributed by atoms with Crippen LogP contribution in [0.1, 0.15) is 64.0 Å². The van der Waals surface area contributed by atoms with Crippen molar-refractivity contribution < 1.29 is 24.2 Å². The van der Waals surface area contributed by atoms with Crippen molar-refractivity contribution in [1.29, 1.82) is 0 Å². The van der Waals surface area contributed by atoms with Crippen LogP contribution in [0.5, 0.6) is 0 Å². The van der Waals surface area contributed by atoms with Gasteiger partial charge in [0.05, 0.1) is 6.42 Å². The fourth-order valence-corrected chi connectivity index (χ4v) is 4.47. The zero-order valence-electron chi connectivity index (χ0n) is 20.3. The Morgan fingerprint density at radius 1 is 1.03 bits per heavy atom. The van der Waals surface area contributed by atoms with E-state index in [1.807, 2.05) is 52.0 Å². The number of hydrogen-bond donors (Lipinski definition) is 2. The number of fused-ring (bicyclic) bond motifs is 3. The molecule has 0 aromatic heterocycles. The number of alkyl carbamates (subject to hydrolysis) is 1. The van der Waals surface area contributed by atoms with Crippen LogP contribution in [0.4, 0.5) is 4.79 Å². The first kappa shape index (κ1) is 25.3. The minimum Gasteiger partial charge on any atom is -0.481 e. The SMILES string of the molecule is CCC(CC(=O)N(CCC(=O)O)C(C)(C)C)NC(=O)OCC1c2ccccc2-c2ccccc21. The molecule has 2 aromatic rings. The van der Waals surface area contributed by atoms with Crippen molar-refractivity contribution in [2.24, 2.45) is 0 Å². The number of carbonyl (C=O) groups excluding carboxylic acids is 2. The number of carboxylic acid groups (broad SMARTS) is 1. The van der Waals surface area contributed by atoms with E-state index in [1.165, 1.54) is 0 Å². The van der Waals surface area contributed by atoms with Gasteiger partial charge in [0, 0.05) is 30.5 Å². The van der Waals surface area contributed by atoms with E-state index in [0.29, 0.717) is 6.42 Å². The topological polar surface area (TPSA) is 95.9 Å². The average molecular weight is 467 g/mol. The number of nitrogens with one attached hydrogen (secondary N) is 1. The summed E-state index contributed by atoms with van der Waals surface area (Å²) in [6, 6.07) is 15.9. The Balaban J connectivity index is 1.60. The summed E-state index contributed by atoms with van der Waals surface area (Å²) in [5, 5.41) is 11.8. The molecule has 0 aliphatic heterocycles. The molecule has 34 heavy (non-hydrogen) atoms. The molecule has 2 amide bonds. The fourth-order valence-electron chi connectivity index (χ4n) is 4.47. The zero-order valence-corrected chi connectivity index (χ0v) is 20.3. The van der Waals surface area contributed by atoms with Gasteiger partial charge < -0.3 is 20.1 Å². The molecule has 0 spiro atoms. The first-order chi connectivity index (χ1) is 16.1. The summed E-state index contributed by atoms with van der Waals surface area (Å²) in [7, 11) is 0. The molecule has 3 rings (SSSR count). The van der Waals surface area contributed by atoms with Crippen LogP contribution in [0.3, 0.4) is 0 Å². The van der Waals surface area contributed by atoms with E-state index in [4.69, 9.17) is 9.84 Å². The Morgan fingerprint density at radius 2 is 1.59 bits per heavy atom. The number of carbonyl (C=O) groups is 3. The monoisotopic (exact) mass is 466 g/mol. The van der Waals surface area contributed by atoms with Gasteiger partial charge in [-0.25, -0.2) is 4.79 Å². The van der Waals surface area contributed by atoms with Crippen molar-refractivity contribution in [2.45, 2.75) is 64.5 Å². The molecule has 0 saturated carbocycles. The van der Waals surface area contributed by atoms with Gasteiger partial charge in [-0.05, 0) is 49.4 Å². The molecule has 1 atom stereocenters. The highest BCUT2D eigenvalue weighted by Crippen LogP contribution is 2.44. The van der Waals surface area contributed by atoms with Gasteiger partial charge >= 0.3 is 12.1 Å². The molecule has 0 fully saturated rings. The second-order valence-corrected chi connectivity index (χ2v) is 9.64. The minimum atomic E-state index is -0.953. The van der Waals surface area contributed by atoms with Gasteiger partial charge in [0.1, 0.15) is 6.61 Å². The highest BCUT2D eigenvalue weighted by Gasteiger charge is 2.31. The molecule has 7 heteroatoms. The average Bonchev–Trinajstić information content (AvgIpc) is 3.10. The number of amides is 2. The van der Waals surface area contributed by atoms with E-state index in [1.54, 1.807) is 4.90 Å². The van der Waals surface area contributed by atoms with E-state index in [-0.39, 0.29) is 37.8 Å². The van der Waals surface area contributed by atoms with E-state index >= 15 is 0 Å². The number of benzene rings is 2. The predicted molar refractivity (Wildman–Crippen MR) is 131 cm³/mol. The van der Waals surface area contributed by atoms with Gasteiger partial charge in [0.15, 0.2) is 0 Å². The summed E-state index contributed by atoms with van der Waals surface area (Å²) in [6.45, 7) is 7.82. The lowest BCUT2D eigenvalue weighted by molar-refractivity contribution is -0.140. The van der Waals surface area contributed by atoms with Gasteiger partial charge in [-0.1, -0.05) is 55.5 Å². The third-order valence-electron chi connectivity index (χ3n) is 6.24. The zero-order chi connectivity index (χ0) is 24.9. The number of ether oxygens (including phenoxy) is 1. The molecule has 182 valence electrons. The van der Waals surface area contributed by atoms with Gasteiger partial charge in [0.2, 0.25) is 5.91 Å². The molecular weight excluding hydrogens is 432 g/mol. The van der Waals surface area contributed by atoms with E-state index in [9.17, 15) is 14.4 Å². The van der Waals surface area contributed by atoms with Crippen molar-refractivity contribution in [1.82, 2.24) is 10.2 Å². The van der Waals surface area contributed by atoms with E-state index in [0.717, 1.165) is 22.3 Å². The second kappa shape index (κ2) is 10.7. The maximum atomic E-state index is 12.9. The minimum absolute atomic E-state index is 0.0349. The maximum absolute atomic E-state index is 12.9. The normalized spacial score (nSPS) is 13.5. The molecule has 7 nitrogen and oxygen atoms in total. The van der Waals surface area contributed by atoms with Crippen LogP contribution in [-0.2, 0) is 14.3 Å². The molecule has 2 N–H and O–H groups in total. The smallest absolute Gasteiger partial charge is 0.407 e. The molecule has 1 unspecified atom stereocenters. The number of nitrogens with zero attached hydrogens (tertiary/aromatic N) is 1. The Morgan fingerprint density at radius 3 is 2.09 bits per heavy atom. The van der Waals surface area contributed by atoms with Crippen molar-refractivity contribution >= 4 is 18.0 Å². The highest BCUT2D eigenvalue weighted by molar-refractivity contribution is 5.80. The van der Waals surface area contributed by atoms with Gasteiger partial charge in [-0.2, -0.15) is 0 Å². The first-order valence-electron chi connectivity index (χ1n) is 11.8. The summed E-state index contributed by atoms with van der Waals surface area (Å²) in [5.74, 6) is -1.18. The quantitative estimate of drug-likeness (QED) is 0.554. The van der Waals surface area contributed by atoms with Crippen molar-refractivity contribution in [3.05, 3.63) is 59.7 Å². The fraction of sp³-hybridized carbons (Fsp3) is 0.444. The molecular formula is C27H34N2O5. The van der Waals surface area contributed by atoms with Gasteiger partial charge in [0.25, 0.3) is 0 Å². The lowest BCUT2D eigenvalue weighted by atomic mass is 9.98. The molecule has 0 heterocycles. The number of carboxylic acids is 1. The van der Waals surface area contributed by atoms with Gasteiger partial charge in [-0.3, -0.25) is 9.59 Å². The van der Waals surface area contributed by atoms with Crippen LogP contribution < -0.4 is 5.32 Å². The van der Waals surface area contributed by atoms with Gasteiger partial charge in [-0.15, -0.1) is 0 Å². The molecule has 0 radical (unpaired) electrons. The number of hydrogen-bond acceptors (Lipinski definition) is 4. The predicted octanol–water partition coefficient (Wildman–Crippen LogP) is 4.80. The Kier molecular flexibility index (Phi) is 7.97. The van der Waals surface area contributed by atoms with Crippen molar-refractivity contribution in [2.75, 3.05) is 13.2 Å². The molecule has 1 aliphatic carbocycles. The third-order valence-corrected chi connectivity index (χ3v) is 6.24. The molecule has 2 aromatic carbocycles. The molecule has 0 bridgehead atoms. The Bertz CT molecular complexity index is 998. The summed E-state index contributed by atoms with van der Waals surface area (Å²) < 4.78 is 5.61. The van der Waals surface area contributed by atoms with Crippen molar-refractivity contribution in [3.63, 3.8) is 0 Å². The standard InChI is InChI=1S/C27H34N2O5/c1-5-18(16-24(30)29(27(2,3)4)15-14-25(31)32)28-26(33)34-17-23-21-12-8-6-10-19(21)20-11-7-9-13-22(20)23/h6-13,18,23H,5,14-17H2,1-4H3,(H,28,33)(H,31,32). The first-order valence-corrected chi connectivity index (χ1v) is 11.8. The maximum Gasteiger partial charge on any atom is 0.407 e. The third kappa shape index (κ3) is 5.95.